The summed E-state index contributed by atoms with van der Waals surface area (Å²) in [7, 11) is 0. The zero-order valence-corrected chi connectivity index (χ0v) is 9.35. The summed E-state index contributed by atoms with van der Waals surface area (Å²) < 4.78 is 5.11. The largest absolute Gasteiger partial charge is 0.390 e. The number of hydrogen-bond donors (Lipinski definition) is 3. The van der Waals surface area contributed by atoms with Crippen molar-refractivity contribution in [3.05, 3.63) is 0 Å². The first kappa shape index (κ1) is 13.3. The molecule has 2 atom stereocenters. The predicted octanol–water partition coefficient (Wildman–Crippen LogP) is 0.434. The maximum atomic E-state index is 9.05. The molecule has 0 radical (unpaired) electrons. The maximum Gasteiger partial charge on any atom is 0.0861 e. The summed E-state index contributed by atoms with van der Waals surface area (Å²) in [5.41, 5.74) is 0. The van der Waals surface area contributed by atoms with Gasteiger partial charge in [0.25, 0.3) is 0 Å². The van der Waals surface area contributed by atoms with Crippen molar-refractivity contribution in [3.63, 3.8) is 0 Å². The van der Waals surface area contributed by atoms with Gasteiger partial charge in [0.2, 0.25) is 0 Å². The van der Waals surface area contributed by atoms with Crippen LogP contribution in [0.2, 0.25) is 0 Å². The first-order chi connectivity index (χ1) is 6.07. The summed E-state index contributed by atoms with van der Waals surface area (Å²) in [5.74, 6) is 0.390. The Bertz CT molecular complexity index is 150. The standard InChI is InChI=1S/C8H16O3S2/c1-6(9)8(13)2-3-11-4-7(10)5-12/h6-7,9-10,12H,2-5H2,1H3. The van der Waals surface area contributed by atoms with E-state index in [0.717, 1.165) is 0 Å². The van der Waals surface area contributed by atoms with Crippen LogP contribution < -0.4 is 0 Å². The Morgan fingerprint density at radius 3 is 2.62 bits per heavy atom. The lowest BCUT2D eigenvalue weighted by molar-refractivity contribution is 0.0517. The third-order valence-corrected chi connectivity index (χ3v) is 2.45. The van der Waals surface area contributed by atoms with E-state index in [0.29, 0.717) is 23.6 Å². The molecular weight excluding hydrogens is 208 g/mol. The molecule has 0 heterocycles. The maximum absolute atomic E-state index is 9.05. The third-order valence-electron chi connectivity index (χ3n) is 1.48. The Kier molecular flexibility index (Phi) is 7.89. The lowest BCUT2D eigenvalue weighted by Gasteiger charge is -2.09. The molecule has 0 saturated carbocycles. The van der Waals surface area contributed by atoms with Crippen molar-refractivity contribution in [2.24, 2.45) is 0 Å². The van der Waals surface area contributed by atoms with Gasteiger partial charge in [-0.1, -0.05) is 12.2 Å². The first-order valence-electron chi connectivity index (χ1n) is 4.15. The summed E-state index contributed by atoms with van der Waals surface area (Å²) in [4.78, 5) is 0.584. The summed E-state index contributed by atoms with van der Waals surface area (Å²) in [6.45, 7) is 2.34. The monoisotopic (exact) mass is 224 g/mol. The van der Waals surface area contributed by atoms with E-state index < -0.39 is 12.2 Å². The summed E-state index contributed by atoms with van der Waals surface area (Å²) in [5, 5.41) is 18.1. The molecule has 0 spiro atoms. The van der Waals surface area contributed by atoms with Crippen LogP contribution in [0.1, 0.15) is 13.3 Å². The SMILES string of the molecule is CC(O)C(=S)CCOCC(O)CS. The molecule has 0 aliphatic rings. The smallest absolute Gasteiger partial charge is 0.0861 e. The highest BCUT2D eigenvalue weighted by Gasteiger charge is 2.05. The van der Waals surface area contributed by atoms with Crippen molar-refractivity contribution in [2.75, 3.05) is 19.0 Å². The van der Waals surface area contributed by atoms with Crippen molar-refractivity contribution in [1.29, 1.82) is 0 Å². The molecule has 0 amide bonds. The van der Waals surface area contributed by atoms with Gasteiger partial charge in [0.15, 0.2) is 0 Å². The van der Waals surface area contributed by atoms with Gasteiger partial charge in [-0.25, -0.2) is 0 Å². The Morgan fingerprint density at radius 1 is 1.54 bits per heavy atom. The minimum Gasteiger partial charge on any atom is -0.390 e. The molecule has 2 unspecified atom stereocenters. The van der Waals surface area contributed by atoms with Crippen molar-refractivity contribution in [1.82, 2.24) is 0 Å². The van der Waals surface area contributed by atoms with Gasteiger partial charge in [-0.2, -0.15) is 12.6 Å². The second-order valence-electron chi connectivity index (χ2n) is 2.80. The average Bonchev–Trinajstić information content (AvgIpc) is 2.11. The van der Waals surface area contributed by atoms with E-state index in [1.165, 1.54) is 0 Å². The van der Waals surface area contributed by atoms with Gasteiger partial charge in [0.1, 0.15) is 0 Å². The van der Waals surface area contributed by atoms with Gasteiger partial charge in [0, 0.05) is 17.0 Å². The van der Waals surface area contributed by atoms with Crippen LogP contribution in [0.3, 0.4) is 0 Å². The van der Waals surface area contributed by atoms with Crippen LogP contribution in [0.25, 0.3) is 0 Å². The van der Waals surface area contributed by atoms with Gasteiger partial charge < -0.3 is 14.9 Å². The summed E-state index contributed by atoms with van der Waals surface area (Å²) >= 11 is 8.77. The highest BCUT2D eigenvalue weighted by Crippen LogP contribution is 1.96. The molecule has 0 aliphatic heterocycles. The lowest BCUT2D eigenvalue weighted by atomic mass is 10.2. The van der Waals surface area contributed by atoms with E-state index >= 15 is 0 Å². The van der Waals surface area contributed by atoms with Crippen LogP contribution >= 0.6 is 24.8 Å². The normalized spacial score (nSPS) is 15.4. The lowest BCUT2D eigenvalue weighted by Crippen LogP contribution is -2.20. The fraction of sp³-hybridized carbons (Fsp3) is 0.875. The van der Waals surface area contributed by atoms with Crippen LogP contribution in [0, 0.1) is 0 Å². The number of thiocarbonyl (C=S) groups is 1. The number of rotatable bonds is 7. The molecule has 0 aromatic rings. The van der Waals surface area contributed by atoms with E-state index in [-0.39, 0.29) is 6.61 Å². The molecule has 0 saturated heterocycles. The van der Waals surface area contributed by atoms with E-state index in [9.17, 15) is 0 Å². The number of aliphatic hydroxyl groups excluding tert-OH is 2. The van der Waals surface area contributed by atoms with Crippen LogP contribution in [-0.4, -0.2) is 46.3 Å². The van der Waals surface area contributed by atoms with E-state index in [4.69, 9.17) is 27.2 Å². The number of ether oxygens (including phenoxy) is 1. The minimum atomic E-state index is -0.562. The Balaban J connectivity index is 3.31. The number of hydrogen-bond acceptors (Lipinski definition) is 5. The van der Waals surface area contributed by atoms with Gasteiger partial charge in [-0.3, -0.25) is 0 Å². The number of aliphatic hydroxyl groups is 2. The molecule has 0 aromatic heterocycles. The Labute approximate surface area is 89.5 Å². The zero-order chi connectivity index (χ0) is 10.3. The highest BCUT2D eigenvalue weighted by atomic mass is 32.1. The molecule has 0 bridgehead atoms. The minimum absolute atomic E-state index is 0.270. The van der Waals surface area contributed by atoms with E-state index in [1.807, 2.05) is 0 Å². The first-order valence-corrected chi connectivity index (χ1v) is 5.19. The second kappa shape index (κ2) is 7.70. The summed E-state index contributed by atoms with van der Waals surface area (Å²) in [6, 6.07) is 0. The molecular formula is C8H16O3S2. The van der Waals surface area contributed by atoms with E-state index in [1.54, 1.807) is 6.92 Å². The molecule has 2 N–H and O–H groups in total. The van der Waals surface area contributed by atoms with Crippen molar-refractivity contribution >= 4 is 29.7 Å². The fourth-order valence-electron chi connectivity index (χ4n) is 0.654. The molecule has 78 valence electrons. The topological polar surface area (TPSA) is 49.7 Å². The van der Waals surface area contributed by atoms with Crippen molar-refractivity contribution < 1.29 is 14.9 Å². The molecule has 13 heavy (non-hydrogen) atoms. The van der Waals surface area contributed by atoms with Gasteiger partial charge >= 0.3 is 0 Å². The third kappa shape index (κ3) is 7.40. The van der Waals surface area contributed by atoms with Crippen molar-refractivity contribution in [2.45, 2.75) is 25.6 Å². The second-order valence-corrected chi connectivity index (χ2v) is 3.69. The van der Waals surface area contributed by atoms with E-state index in [2.05, 4.69) is 12.6 Å². The van der Waals surface area contributed by atoms with Gasteiger partial charge in [0.05, 0.1) is 25.4 Å². The zero-order valence-electron chi connectivity index (χ0n) is 7.64. The molecule has 0 fully saturated rings. The predicted molar refractivity (Wildman–Crippen MR) is 59.6 cm³/mol. The molecule has 5 heteroatoms. The number of thiol groups is 1. The quantitative estimate of drug-likeness (QED) is 0.333. The van der Waals surface area contributed by atoms with Crippen LogP contribution in [0.5, 0.6) is 0 Å². The Hall–Kier alpha value is 0.320. The van der Waals surface area contributed by atoms with Crippen LogP contribution in [0.4, 0.5) is 0 Å². The van der Waals surface area contributed by atoms with Gasteiger partial charge in [-0.05, 0) is 6.92 Å². The Morgan fingerprint density at radius 2 is 2.15 bits per heavy atom. The molecule has 0 rings (SSSR count). The van der Waals surface area contributed by atoms with Crippen molar-refractivity contribution in [3.8, 4) is 0 Å². The van der Waals surface area contributed by atoms with Crippen LogP contribution in [-0.2, 0) is 4.74 Å². The molecule has 3 nitrogen and oxygen atoms in total. The highest BCUT2D eigenvalue weighted by molar-refractivity contribution is 7.80. The molecule has 0 aliphatic carbocycles. The fourth-order valence-corrected chi connectivity index (χ4v) is 0.842. The van der Waals surface area contributed by atoms with Crippen LogP contribution in [0.15, 0.2) is 0 Å². The van der Waals surface area contributed by atoms with Gasteiger partial charge in [-0.15, -0.1) is 0 Å². The molecule has 0 aromatic carbocycles. The summed E-state index contributed by atoms with van der Waals surface area (Å²) in [6.07, 6.45) is -0.538. The average molecular weight is 224 g/mol.